The molecule has 0 amide bonds. The molecule has 0 unspecified atom stereocenters. The van der Waals surface area contributed by atoms with E-state index < -0.39 is 0 Å². The number of aromatic amines is 1. The van der Waals surface area contributed by atoms with Crippen LogP contribution in [0.4, 0.5) is 11.9 Å². The first kappa shape index (κ1) is 11.3. The van der Waals surface area contributed by atoms with Crippen molar-refractivity contribution in [2.45, 2.75) is 6.54 Å². The van der Waals surface area contributed by atoms with Crippen LogP contribution in [-0.4, -0.2) is 15.2 Å². The Bertz CT molecular complexity index is 569. The number of nitrogen functional groups attached to an aromatic ring is 1. The maximum atomic E-state index is 5.99. The van der Waals surface area contributed by atoms with Gasteiger partial charge in [0.2, 0.25) is 11.9 Å². The minimum atomic E-state index is 0.271. The number of H-pyrrole nitrogens is 1. The molecular formula is C11H10ClN5. The van der Waals surface area contributed by atoms with E-state index in [4.69, 9.17) is 23.8 Å². The van der Waals surface area contributed by atoms with Crippen molar-refractivity contribution in [3.05, 3.63) is 34.3 Å². The normalized spacial score (nSPS) is 9.88. The van der Waals surface area contributed by atoms with E-state index in [1.165, 1.54) is 0 Å². The first-order chi connectivity index (χ1) is 8.19. The van der Waals surface area contributed by atoms with E-state index in [9.17, 15) is 0 Å². The zero-order valence-corrected chi connectivity index (χ0v) is 9.62. The zero-order valence-electron chi connectivity index (χ0n) is 8.87. The van der Waals surface area contributed by atoms with Crippen LogP contribution in [0.5, 0.6) is 0 Å². The lowest BCUT2D eigenvalue weighted by molar-refractivity contribution is 1.05. The molecule has 0 aliphatic heterocycles. The Balaban J connectivity index is 2.05. The maximum Gasteiger partial charge on any atom is 0.243 e. The fourth-order valence-electron chi connectivity index (χ4n) is 1.32. The smallest absolute Gasteiger partial charge is 0.243 e. The number of benzene rings is 1. The number of halogens is 1. The average Bonchev–Trinajstić information content (AvgIpc) is 2.73. The van der Waals surface area contributed by atoms with E-state index in [1.54, 1.807) is 12.1 Å². The van der Waals surface area contributed by atoms with E-state index in [1.807, 2.05) is 6.07 Å². The van der Waals surface area contributed by atoms with E-state index in [2.05, 4.69) is 26.4 Å². The predicted molar refractivity (Wildman–Crippen MR) is 67.5 cm³/mol. The van der Waals surface area contributed by atoms with Crippen molar-refractivity contribution < 1.29 is 0 Å². The van der Waals surface area contributed by atoms with Gasteiger partial charge in [-0.25, -0.2) is 5.10 Å². The van der Waals surface area contributed by atoms with Gasteiger partial charge in [0.15, 0.2) is 0 Å². The molecule has 0 atom stereocenters. The summed E-state index contributed by atoms with van der Waals surface area (Å²) in [6.07, 6.45) is 5.28. The molecule has 4 N–H and O–H groups in total. The molecular weight excluding hydrogens is 238 g/mol. The lowest BCUT2D eigenvalue weighted by Crippen LogP contribution is -2.01. The summed E-state index contributed by atoms with van der Waals surface area (Å²) in [6.45, 7) is 0.544. The van der Waals surface area contributed by atoms with Gasteiger partial charge in [-0.2, -0.15) is 4.98 Å². The number of nitrogens with zero attached hydrogens (tertiary/aromatic N) is 2. The number of hydrogen-bond acceptors (Lipinski definition) is 4. The number of nitrogens with one attached hydrogen (secondary N) is 2. The molecule has 1 aromatic heterocycles. The van der Waals surface area contributed by atoms with Gasteiger partial charge in [0.25, 0.3) is 0 Å². The van der Waals surface area contributed by atoms with Crippen LogP contribution in [0, 0.1) is 12.3 Å². The Kier molecular flexibility index (Phi) is 3.17. The predicted octanol–water partition coefficient (Wildman–Crippen LogP) is 1.63. The number of anilines is 2. The molecule has 1 heterocycles. The molecule has 6 heteroatoms. The second-order valence-corrected chi connectivity index (χ2v) is 3.76. The van der Waals surface area contributed by atoms with Crippen molar-refractivity contribution in [2.75, 3.05) is 11.1 Å². The Morgan fingerprint density at radius 3 is 2.94 bits per heavy atom. The molecule has 0 radical (unpaired) electrons. The van der Waals surface area contributed by atoms with Gasteiger partial charge in [0.1, 0.15) is 0 Å². The van der Waals surface area contributed by atoms with E-state index >= 15 is 0 Å². The minimum absolute atomic E-state index is 0.271. The van der Waals surface area contributed by atoms with E-state index in [0.717, 1.165) is 5.56 Å². The Hall–Kier alpha value is -2.19. The minimum Gasteiger partial charge on any atom is -0.368 e. The highest BCUT2D eigenvalue weighted by molar-refractivity contribution is 6.31. The standard InChI is InChI=1S/C11H10ClN5/c1-2-8-4-3-7(5-9(8)12)6-14-11-15-10(13)16-17-11/h1,3-5H,6H2,(H4,13,14,15,16,17). The highest BCUT2D eigenvalue weighted by Crippen LogP contribution is 2.17. The van der Waals surface area contributed by atoms with Gasteiger partial charge in [-0.3, -0.25) is 0 Å². The van der Waals surface area contributed by atoms with Crippen LogP contribution in [0.15, 0.2) is 18.2 Å². The average molecular weight is 248 g/mol. The van der Waals surface area contributed by atoms with Crippen LogP contribution in [0.3, 0.4) is 0 Å². The number of aromatic nitrogens is 3. The third kappa shape index (κ3) is 2.68. The maximum absolute atomic E-state index is 5.99. The summed E-state index contributed by atoms with van der Waals surface area (Å²) in [5.41, 5.74) is 7.06. The van der Waals surface area contributed by atoms with Crippen molar-refractivity contribution in [1.82, 2.24) is 15.2 Å². The van der Waals surface area contributed by atoms with Crippen molar-refractivity contribution in [1.29, 1.82) is 0 Å². The van der Waals surface area contributed by atoms with E-state index in [0.29, 0.717) is 23.1 Å². The topological polar surface area (TPSA) is 79.6 Å². The van der Waals surface area contributed by atoms with Crippen molar-refractivity contribution in [3.8, 4) is 12.3 Å². The summed E-state index contributed by atoms with van der Waals surface area (Å²) in [5, 5.41) is 9.94. The molecule has 2 rings (SSSR count). The summed E-state index contributed by atoms with van der Waals surface area (Å²) >= 11 is 5.99. The Labute approximate surface area is 103 Å². The Morgan fingerprint density at radius 2 is 2.35 bits per heavy atom. The summed E-state index contributed by atoms with van der Waals surface area (Å²) in [7, 11) is 0. The molecule has 0 aliphatic rings. The monoisotopic (exact) mass is 247 g/mol. The molecule has 86 valence electrons. The second kappa shape index (κ2) is 4.76. The van der Waals surface area contributed by atoms with Gasteiger partial charge in [-0.15, -0.1) is 11.5 Å². The third-order valence-electron chi connectivity index (χ3n) is 2.14. The number of nitrogens with two attached hydrogens (primary N) is 1. The van der Waals surface area contributed by atoms with Crippen molar-refractivity contribution >= 4 is 23.5 Å². The molecule has 5 nitrogen and oxygen atoms in total. The van der Waals surface area contributed by atoms with Crippen LogP contribution in [0.25, 0.3) is 0 Å². The Morgan fingerprint density at radius 1 is 1.53 bits per heavy atom. The molecule has 0 bridgehead atoms. The number of rotatable bonds is 3. The fraction of sp³-hybridized carbons (Fsp3) is 0.0909. The molecule has 0 saturated heterocycles. The van der Waals surface area contributed by atoms with Gasteiger partial charge in [0.05, 0.1) is 5.02 Å². The first-order valence-electron chi connectivity index (χ1n) is 4.86. The third-order valence-corrected chi connectivity index (χ3v) is 2.46. The van der Waals surface area contributed by atoms with Crippen LogP contribution < -0.4 is 11.1 Å². The van der Waals surface area contributed by atoms with Gasteiger partial charge >= 0.3 is 0 Å². The summed E-state index contributed by atoms with van der Waals surface area (Å²) in [5.74, 6) is 3.22. The number of hydrogen-bond donors (Lipinski definition) is 3. The second-order valence-electron chi connectivity index (χ2n) is 3.36. The highest BCUT2D eigenvalue weighted by Gasteiger charge is 2.02. The lowest BCUT2D eigenvalue weighted by atomic mass is 10.1. The first-order valence-corrected chi connectivity index (χ1v) is 5.23. The largest absolute Gasteiger partial charge is 0.368 e. The molecule has 0 fully saturated rings. The summed E-state index contributed by atoms with van der Waals surface area (Å²) < 4.78 is 0. The molecule has 0 aliphatic carbocycles. The molecule has 1 aromatic carbocycles. The van der Waals surface area contributed by atoms with Gasteiger partial charge in [-0.1, -0.05) is 23.6 Å². The van der Waals surface area contributed by atoms with Crippen LogP contribution in [0.1, 0.15) is 11.1 Å². The van der Waals surface area contributed by atoms with Gasteiger partial charge in [0, 0.05) is 12.1 Å². The quantitative estimate of drug-likeness (QED) is 0.721. The van der Waals surface area contributed by atoms with Crippen LogP contribution in [0.2, 0.25) is 5.02 Å². The van der Waals surface area contributed by atoms with Crippen LogP contribution >= 0.6 is 11.6 Å². The SMILES string of the molecule is C#Cc1ccc(CNc2n[nH]c(N)n2)cc1Cl. The molecule has 2 aromatic rings. The molecule has 0 spiro atoms. The van der Waals surface area contributed by atoms with Gasteiger partial charge < -0.3 is 11.1 Å². The molecule has 17 heavy (non-hydrogen) atoms. The summed E-state index contributed by atoms with van der Waals surface area (Å²) in [4.78, 5) is 3.92. The fourth-order valence-corrected chi connectivity index (χ4v) is 1.58. The highest BCUT2D eigenvalue weighted by atomic mass is 35.5. The lowest BCUT2D eigenvalue weighted by Gasteiger charge is -2.03. The van der Waals surface area contributed by atoms with Gasteiger partial charge in [-0.05, 0) is 17.7 Å². The number of terminal acetylenes is 1. The van der Waals surface area contributed by atoms with E-state index in [-0.39, 0.29) is 5.95 Å². The summed E-state index contributed by atoms with van der Waals surface area (Å²) in [6, 6.07) is 5.50. The van der Waals surface area contributed by atoms with Crippen LogP contribution in [-0.2, 0) is 6.54 Å². The van der Waals surface area contributed by atoms with Crippen molar-refractivity contribution in [3.63, 3.8) is 0 Å². The van der Waals surface area contributed by atoms with Crippen molar-refractivity contribution in [2.24, 2.45) is 0 Å². The molecule has 0 saturated carbocycles. The zero-order chi connectivity index (χ0) is 12.3.